The second-order valence-electron chi connectivity index (χ2n) is 7.35. The Hall–Kier alpha value is -4.18. The normalized spacial score (nSPS) is 14.4. The number of amides is 1. The average molecular weight is 480 g/mol. The van der Waals surface area contributed by atoms with Gasteiger partial charge in [0.1, 0.15) is 35.3 Å². The van der Waals surface area contributed by atoms with E-state index in [0.29, 0.717) is 40.9 Å². The molecule has 9 nitrogen and oxygen atoms in total. The molecule has 1 N–H and O–H groups in total. The SMILES string of the molecule is CCOc1ccc(N2C(=O)/C(=C\c3ccc(COc4ccc([N+](=O)[O-])c(C)c4)o3)NC2=S)cc1. The summed E-state index contributed by atoms with van der Waals surface area (Å²) in [6, 6.07) is 15.1. The highest BCUT2D eigenvalue weighted by atomic mass is 32.1. The summed E-state index contributed by atoms with van der Waals surface area (Å²) in [6.07, 6.45) is 1.57. The van der Waals surface area contributed by atoms with Gasteiger partial charge in [-0.05, 0) is 74.6 Å². The predicted octanol–water partition coefficient (Wildman–Crippen LogP) is 4.74. The zero-order chi connectivity index (χ0) is 24.2. The lowest BCUT2D eigenvalue weighted by atomic mass is 10.2. The predicted molar refractivity (Wildman–Crippen MR) is 130 cm³/mol. The number of hydrogen-bond acceptors (Lipinski definition) is 7. The van der Waals surface area contributed by atoms with E-state index in [2.05, 4.69) is 5.32 Å². The number of nitrogens with zero attached hydrogens (tertiary/aromatic N) is 2. The first-order valence-electron chi connectivity index (χ1n) is 10.4. The highest BCUT2D eigenvalue weighted by Gasteiger charge is 2.32. The third-order valence-corrected chi connectivity index (χ3v) is 5.28. The fraction of sp³-hybridized carbons (Fsp3) is 0.167. The number of nitro benzene ring substituents is 1. The Morgan fingerprint density at radius 3 is 2.53 bits per heavy atom. The monoisotopic (exact) mass is 479 g/mol. The molecule has 1 aliphatic rings. The first kappa shape index (κ1) is 23.0. The van der Waals surface area contributed by atoms with Gasteiger partial charge in [0.25, 0.3) is 11.6 Å². The van der Waals surface area contributed by atoms with Crippen LogP contribution >= 0.6 is 12.2 Å². The van der Waals surface area contributed by atoms with Gasteiger partial charge in [-0.15, -0.1) is 0 Å². The molecule has 34 heavy (non-hydrogen) atoms. The van der Waals surface area contributed by atoms with Gasteiger partial charge in [0.15, 0.2) is 5.11 Å². The van der Waals surface area contributed by atoms with E-state index < -0.39 is 4.92 Å². The average Bonchev–Trinajstić information content (AvgIpc) is 3.36. The van der Waals surface area contributed by atoms with Crippen LogP contribution < -0.4 is 19.7 Å². The third kappa shape index (κ3) is 4.91. The first-order valence-corrected chi connectivity index (χ1v) is 10.8. The molecule has 4 rings (SSSR count). The summed E-state index contributed by atoms with van der Waals surface area (Å²) in [4.78, 5) is 24.8. The van der Waals surface area contributed by atoms with Gasteiger partial charge in [-0.2, -0.15) is 0 Å². The van der Waals surface area contributed by atoms with Gasteiger partial charge in [0, 0.05) is 17.7 Å². The fourth-order valence-electron chi connectivity index (χ4n) is 3.40. The van der Waals surface area contributed by atoms with Gasteiger partial charge in [0.05, 0.1) is 17.2 Å². The number of thiocarbonyl (C=S) groups is 1. The molecule has 0 unspecified atom stereocenters. The van der Waals surface area contributed by atoms with Gasteiger partial charge < -0.3 is 19.2 Å². The van der Waals surface area contributed by atoms with Crippen molar-refractivity contribution in [2.75, 3.05) is 11.5 Å². The molecule has 0 atom stereocenters. The quantitative estimate of drug-likeness (QED) is 0.214. The number of nitrogens with one attached hydrogen (secondary N) is 1. The molecule has 1 amide bonds. The molecule has 1 saturated heterocycles. The molecular weight excluding hydrogens is 458 g/mol. The summed E-state index contributed by atoms with van der Waals surface area (Å²) in [6.45, 7) is 4.22. The fourth-order valence-corrected chi connectivity index (χ4v) is 3.69. The van der Waals surface area contributed by atoms with Gasteiger partial charge in [-0.1, -0.05) is 0 Å². The van der Waals surface area contributed by atoms with Crippen molar-refractivity contribution in [3.8, 4) is 11.5 Å². The number of aryl methyl sites for hydroxylation is 1. The molecule has 2 aromatic carbocycles. The lowest BCUT2D eigenvalue weighted by Gasteiger charge is -2.14. The Labute approximate surface area is 200 Å². The molecule has 10 heteroatoms. The minimum Gasteiger partial charge on any atom is -0.494 e. The number of furan rings is 1. The molecule has 3 aromatic rings. The standard InChI is InChI=1S/C24H21N3O6S/c1-3-31-17-6-4-16(5-7-17)26-23(28)21(25-24(26)34)13-19-8-9-20(33-19)14-32-18-10-11-22(27(29)30)15(2)12-18/h4-13H,3,14H2,1-2H3,(H,25,34)/b21-13+. The Morgan fingerprint density at radius 2 is 1.85 bits per heavy atom. The molecule has 0 saturated carbocycles. The van der Waals surface area contributed by atoms with E-state index in [9.17, 15) is 14.9 Å². The van der Waals surface area contributed by atoms with E-state index in [1.807, 2.05) is 6.92 Å². The van der Waals surface area contributed by atoms with E-state index in [4.69, 9.17) is 26.1 Å². The summed E-state index contributed by atoms with van der Waals surface area (Å²) >= 11 is 5.34. The van der Waals surface area contributed by atoms with Crippen molar-refractivity contribution in [1.82, 2.24) is 5.32 Å². The van der Waals surface area contributed by atoms with Crippen molar-refractivity contribution in [2.24, 2.45) is 0 Å². The van der Waals surface area contributed by atoms with Crippen LogP contribution in [-0.4, -0.2) is 22.5 Å². The number of nitro groups is 1. The second kappa shape index (κ2) is 9.75. The minimum atomic E-state index is -0.438. The summed E-state index contributed by atoms with van der Waals surface area (Å²) < 4.78 is 16.9. The van der Waals surface area contributed by atoms with Crippen molar-refractivity contribution in [3.63, 3.8) is 0 Å². The molecular formula is C24H21N3O6S. The smallest absolute Gasteiger partial charge is 0.281 e. The van der Waals surface area contributed by atoms with E-state index in [0.717, 1.165) is 0 Å². The maximum Gasteiger partial charge on any atom is 0.281 e. The molecule has 0 radical (unpaired) electrons. The second-order valence-corrected chi connectivity index (χ2v) is 7.74. The van der Waals surface area contributed by atoms with Crippen LogP contribution in [0.15, 0.2) is 64.7 Å². The molecule has 1 fully saturated rings. The van der Waals surface area contributed by atoms with Crippen LogP contribution in [0.1, 0.15) is 24.0 Å². The van der Waals surface area contributed by atoms with Crippen LogP contribution in [0.4, 0.5) is 11.4 Å². The maximum absolute atomic E-state index is 12.9. The summed E-state index contributed by atoms with van der Waals surface area (Å²) in [5.74, 6) is 1.87. The Bertz CT molecular complexity index is 1280. The number of carbonyl (C=O) groups is 1. The van der Waals surface area contributed by atoms with Gasteiger partial charge in [-0.25, -0.2) is 0 Å². The molecule has 174 valence electrons. The zero-order valence-electron chi connectivity index (χ0n) is 18.4. The highest BCUT2D eigenvalue weighted by molar-refractivity contribution is 7.80. The topological polar surface area (TPSA) is 107 Å². The number of benzene rings is 2. The molecule has 0 bridgehead atoms. The molecule has 2 heterocycles. The number of ether oxygens (including phenoxy) is 2. The maximum atomic E-state index is 12.9. The van der Waals surface area contributed by atoms with Crippen LogP contribution in [0, 0.1) is 17.0 Å². The summed E-state index contributed by atoms with van der Waals surface area (Å²) in [7, 11) is 0. The Kier molecular flexibility index (Phi) is 6.60. The van der Waals surface area contributed by atoms with Crippen LogP contribution in [0.25, 0.3) is 6.08 Å². The Balaban J connectivity index is 1.42. The van der Waals surface area contributed by atoms with Crippen molar-refractivity contribution < 1.29 is 23.6 Å². The van der Waals surface area contributed by atoms with Crippen molar-refractivity contribution >= 4 is 40.7 Å². The minimum absolute atomic E-state index is 0.0326. The van der Waals surface area contributed by atoms with E-state index in [-0.39, 0.29) is 29.0 Å². The van der Waals surface area contributed by atoms with Crippen LogP contribution in [0.3, 0.4) is 0 Å². The molecule has 1 aliphatic heterocycles. The highest BCUT2D eigenvalue weighted by Crippen LogP contribution is 2.26. The summed E-state index contributed by atoms with van der Waals surface area (Å²) in [5, 5.41) is 14.1. The van der Waals surface area contributed by atoms with Gasteiger partial charge >= 0.3 is 0 Å². The van der Waals surface area contributed by atoms with Gasteiger partial charge in [0.2, 0.25) is 0 Å². The number of rotatable bonds is 8. The van der Waals surface area contributed by atoms with Crippen molar-refractivity contribution in [2.45, 2.75) is 20.5 Å². The van der Waals surface area contributed by atoms with Crippen molar-refractivity contribution in [1.29, 1.82) is 0 Å². The number of carbonyl (C=O) groups excluding carboxylic acids is 1. The molecule has 0 spiro atoms. The number of hydrogen-bond donors (Lipinski definition) is 1. The van der Waals surface area contributed by atoms with Gasteiger partial charge in [-0.3, -0.25) is 19.8 Å². The van der Waals surface area contributed by atoms with Crippen molar-refractivity contribution in [3.05, 3.63) is 87.5 Å². The lowest BCUT2D eigenvalue weighted by Crippen LogP contribution is -2.30. The first-order chi connectivity index (χ1) is 16.4. The third-order valence-electron chi connectivity index (χ3n) is 5.00. The summed E-state index contributed by atoms with van der Waals surface area (Å²) in [5.41, 5.74) is 1.45. The zero-order valence-corrected chi connectivity index (χ0v) is 19.3. The van der Waals surface area contributed by atoms with Crippen LogP contribution in [0.2, 0.25) is 0 Å². The molecule has 1 aromatic heterocycles. The largest absolute Gasteiger partial charge is 0.494 e. The van der Waals surface area contributed by atoms with E-state index in [1.165, 1.54) is 17.0 Å². The van der Waals surface area contributed by atoms with Crippen LogP contribution in [0.5, 0.6) is 11.5 Å². The van der Waals surface area contributed by atoms with E-state index in [1.54, 1.807) is 55.5 Å². The molecule has 0 aliphatic carbocycles. The van der Waals surface area contributed by atoms with E-state index >= 15 is 0 Å². The van der Waals surface area contributed by atoms with Crippen LogP contribution in [-0.2, 0) is 11.4 Å². The lowest BCUT2D eigenvalue weighted by molar-refractivity contribution is -0.385. The number of anilines is 1. The Morgan fingerprint density at radius 1 is 1.12 bits per heavy atom.